The van der Waals surface area contributed by atoms with E-state index in [4.69, 9.17) is 8.76 Å². The lowest BCUT2D eigenvalue weighted by molar-refractivity contribution is 0.538. The maximum atomic E-state index is 12.2. The van der Waals surface area contributed by atoms with Gasteiger partial charge < -0.3 is 15.2 Å². The largest absolute Gasteiger partial charge is 0.760 e. The summed E-state index contributed by atoms with van der Waals surface area (Å²) in [5, 5.41) is 10.5. The van der Waals surface area contributed by atoms with Gasteiger partial charge in [-0.1, -0.05) is 56.3 Å². The van der Waals surface area contributed by atoms with Crippen LogP contribution in [-0.2, 0) is 11.3 Å². The highest BCUT2D eigenvalue weighted by atomic mass is 32.2. The van der Waals surface area contributed by atoms with Crippen LogP contribution in [0.25, 0.3) is 0 Å². The molecule has 0 bridgehead atoms. The molecule has 3 aromatic rings. The number of nitrogens with two attached hydrogens (primary N) is 1. The summed E-state index contributed by atoms with van der Waals surface area (Å²) in [7, 11) is 0. The van der Waals surface area contributed by atoms with Gasteiger partial charge in [0, 0.05) is 17.0 Å². The molecule has 4 N–H and O–H groups in total. The Kier molecular flexibility index (Phi) is 8.05. The molecule has 2 unspecified atom stereocenters. The topological polar surface area (TPSA) is 124 Å². The Morgan fingerprint density at radius 3 is 2.07 bits per heavy atom. The highest BCUT2D eigenvalue weighted by Crippen LogP contribution is 2.30. The first-order valence-electron chi connectivity index (χ1n) is 9.45. The summed E-state index contributed by atoms with van der Waals surface area (Å²) in [6.07, 6.45) is 0. The minimum Gasteiger partial charge on any atom is -0.760 e. The zero-order valence-corrected chi connectivity index (χ0v) is 18.2. The second-order valence-electron chi connectivity index (χ2n) is 7.32. The van der Waals surface area contributed by atoms with Crippen molar-refractivity contribution >= 4 is 28.3 Å². The third-order valence-electron chi connectivity index (χ3n) is 4.90. The molecule has 0 aliphatic rings. The van der Waals surface area contributed by atoms with Crippen LogP contribution in [0, 0.1) is 19.8 Å². The first-order valence-corrected chi connectivity index (χ1v) is 10.6. The van der Waals surface area contributed by atoms with Crippen molar-refractivity contribution in [3.63, 3.8) is 0 Å². The summed E-state index contributed by atoms with van der Waals surface area (Å²) in [5.74, 6) is 0.260. The van der Waals surface area contributed by atoms with Gasteiger partial charge in [0.15, 0.2) is 0 Å². The predicted molar refractivity (Wildman–Crippen MR) is 121 cm³/mol. The van der Waals surface area contributed by atoms with Crippen LogP contribution in [0.15, 0.2) is 58.1 Å². The van der Waals surface area contributed by atoms with E-state index in [0.717, 1.165) is 22.4 Å². The first-order chi connectivity index (χ1) is 14.1. The Morgan fingerprint density at radius 2 is 1.50 bits per heavy atom. The lowest BCUT2D eigenvalue weighted by atomic mass is 9.95. The highest BCUT2D eigenvalue weighted by molar-refractivity contribution is 7.76. The third kappa shape index (κ3) is 5.63. The smallest absolute Gasteiger partial charge is 0.253 e. The SMILES string of the molecule is Cc1cccc(Nc2c(NC(c3ccccc3)C(C)C)c(=O)c2=O)c1C.NS(=O)[O-]. The molecule has 160 valence electrons. The molecular formula is C22H26N3O4S-. The van der Waals surface area contributed by atoms with Crippen molar-refractivity contribution in [3.8, 4) is 0 Å². The summed E-state index contributed by atoms with van der Waals surface area (Å²) in [5.41, 5.74) is 3.93. The summed E-state index contributed by atoms with van der Waals surface area (Å²) in [6, 6.07) is 15.8. The predicted octanol–water partition coefficient (Wildman–Crippen LogP) is 3.19. The van der Waals surface area contributed by atoms with E-state index in [1.165, 1.54) is 0 Å². The van der Waals surface area contributed by atoms with Crippen LogP contribution in [0.2, 0.25) is 0 Å². The zero-order valence-electron chi connectivity index (χ0n) is 17.4. The van der Waals surface area contributed by atoms with E-state index in [2.05, 4.69) is 29.6 Å². The average Bonchev–Trinajstić information content (AvgIpc) is 2.70. The molecule has 7 nitrogen and oxygen atoms in total. The molecule has 0 aliphatic carbocycles. The Morgan fingerprint density at radius 1 is 0.933 bits per heavy atom. The zero-order chi connectivity index (χ0) is 22.4. The van der Waals surface area contributed by atoms with Crippen LogP contribution in [0.1, 0.15) is 36.6 Å². The number of benzene rings is 2. The molecule has 0 spiro atoms. The van der Waals surface area contributed by atoms with Crippen LogP contribution in [0.3, 0.4) is 0 Å². The number of rotatable bonds is 6. The van der Waals surface area contributed by atoms with Crippen molar-refractivity contribution in [3.05, 3.63) is 85.7 Å². The van der Waals surface area contributed by atoms with E-state index < -0.39 is 22.1 Å². The maximum absolute atomic E-state index is 12.2. The minimum absolute atomic E-state index is 0.0429. The van der Waals surface area contributed by atoms with Crippen LogP contribution in [0.5, 0.6) is 0 Å². The van der Waals surface area contributed by atoms with Gasteiger partial charge in [0.05, 0.1) is 6.04 Å². The van der Waals surface area contributed by atoms with E-state index >= 15 is 0 Å². The van der Waals surface area contributed by atoms with Gasteiger partial charge in [0.2, 0.25) is 0 Å². The summed E-state index contributed by atoms with van der Waals surface area (Å²) in [4.78, 5) is 24.3. The Hall–Kier alpha value is -2.81. The molecule has 0 amide bonds. The molecule has 3 rings (SSSR count). The molecule has 0 aromatic heterocycles. The van der Waals surface area contributed by atoms with Gasteiger partial charge >= 0.3 is 0 Å². The van der Waals surface area contributed by atoms with Crippen LogP contribution >= 0.6 is 0 Å². The highest BCUT2D eigenvalue weighted by Gasteiger charge is 2.26. The number of aryl methyl sites for hydroxylation is 1. The van der Waals surface area contributed by atoms with Crippen LogP contribution < -0.4 is 26.6 Å². The van der Waals surface area contributed by atoms with Crippen molar-refractivity contribution < 1.29 is 8.76 Å². The van der Waals surface area contributed by atoms with Gasteiger partial charge in [-0.2, -0.15) is 0 Å². The molecule has 0 fully saturated rings. The van der Waals surface area contributed by atoms with Gasteiger partial charge in [-0.15, -0.1) is 0 Å². The number of anilines is 3. The molecule has 0 heterocycles. The molecule has 2 atom stereocenters. The van der Waals surface area contributed by atoms with Gasteiger partial charge in [-0.25, -0.2) is 0 Å². The number of hydrogen-bond donors (Lipinski definition) is 3. The molecule has 3 aromatic carbocycles. The normalized spacial score (nSPS) is 12.8. The Balaban J connectivity index is 0.000000735. The summed E-state index contributed by atoms with van der Waals surface area (Å²) in [6.45, 7) is 8.20. The third-order valence-corrected chi connectivity index (χ3v) is 4.90. The maximum Gasteiger partial charge on any atom is 0.253 e. The van der Waals surface area contributed by atoms with Gasteiger partial charge in [-0.3, -0.25) is 18.9 Å². The second kappa shape index (κ2) is 10.3. The van der Waals surface area contributed by atoms with E-state index in [1.54, 1.807) is 0 Å². The fourth-order valence-corrected chi connectivity index (χ4v) is 3.12. The summed E-state index contributed by atoms with van der Waals surface area (Å²) < 4.78 is 17.6. The minimum atomic E-state index is -2.36. The fourth-order valence-electron chi connectivity index (χ4n) is 3.12. The number of hydrogen-bond acceptors (Lipinski definition) is 6. The number of nitrogens with one attached hydrogen (secondary N) is 2. The monoisotopic (exact) mass is 428 g/mol. The molecule has 30 heavy (non-hydrogen) atoms. The van der Waals surface area contributed by atoms with Crippen molar-refractivity contribution in [2.75, 3.05) is 10.6 Å². The van der Waals surface area contributed by atoms with Crippen molar-refractivity contribution in [2.24, 2.45) is 11.1 Å². The second-order valence-corrected chi connectivity index (χ2v) is 7.84. The summed E-state index contributed by atoms with van der Waals surface area (Å²) >= 11 is -2.36. The standard InChI is InChI=1S/C22H24N2O2.H3NO2S/c1-13(2)18(16-10-6-5-7-11-16)24-20-19(21(25)22(20)26)23-17-12-8-9-14(3)15(17)4;1-4(2)3/h5-13,18,23-24H,1-4H3;1H2,(H,2,3)/p-1. The van der Waals surface area contributed by atoms with Crippen LogP contribution in [0.4, 0.5) is 17.1 Å². The van der Waals surface area contributed by atoms with Crippen molar-refractivity contribution in [2.45, 2.75) is 33.7 Å². The lowest BCUT2D eigenvalue weighted by Crippen LogP contribution is -2.38. The van der Waals surface area contributed by atoms with Gasteiger partial charge in [0.1, 0.15) is 11.4 Å². The Bertz CT molecular complexity index is 1090. The lowest BCUT2D eigenvalue weighted by Gasteiger charge is -2.26. The Labute approximate surface area is 178 Å². The van der Waals surface area contributed by atoms with E-state index in [9.17, 15) is 9.59 Å². The quantitative estimate of drug-likeness (QED) is 0.409. The molecular weight excluding hydrogens is 402 g/mol. The van der Waals surface area contributed by atoms with Crippen molar-refractivity contribution in [1.29, 1.82) is 0 Å². The van der Waals surface area contributed by atoms with Crippen LogP contribution in [-0.4, -0.2) is 8.76 Å². The van der Waals surface area contributed by atoms with Crippen molar-refractivity contribution in [1.82, 2.24) is 0 Å². The first kappa shape index (κ1) is 23.5. The molecule has 0 aliphatic heterocycles. The fraction of sp³-hybridized carbons (Fsp3) is 0.273. The van der Waals surface area contributed by atoms with E-state index in [0.29, 0.717) is 11.4 Å². The molecule has 0 saturated heterocycles. The molecule has 8 heteroatoms. The molecule has 0 radical (unpaired) electrons. The van der Waals surface area contributed by atoms with Gasteiger partial charge in [-0.05, 0) is 42.5 Å². The van der Waals surface area contributed by atoms with E-state index in [1.807, 2.05) is 62.4 Å². The van der Waals surface area contributed by atoms with E-state index in [-0.39, 0.29) is 12.0 Å². The molecule has 0 saturated carbocycles. The van der Waals surface area contributed by atoms with Gasteiger partial charge in [0.25, 0.3) is 10.9 Å². The average molecular weight is 429 g/mol.